The van der Waals surface area contributed by atoms with Crippen LogP contribution >= 0.6 is 26.6 Å². The van der Waals surface area contributed by atoms with E-state index in [1.807, 2.05) is 0 Å². The molecule has 0 atom stereocenters. The molecule has 0 N–H and O–H groups in total. The molecule has 0 spiro atoms. The van der Waals surface area contributed by atoms with Gasteiger partial charge in [0.2, 0.25) is 0 Å². The standard InChI is InChI=1S/C10H9BrClFO4S/c1-5(2)17-10(14)7-3-6(11)4-8(9(7)13)18(12,15)16/h3-5H,1-2H3. The van der Waals surface area contributed by atoms with E-state index in [2.05, 4.69) is 15.9 Å². The van der Waals surface area contributed by atoms with Crippen molar-refractivity contribution >= 4 is 41.6 Å². The fourth-order valence-electron chi connectivity index (χ4n) is 1.17. The van der Waals surface area contributed by atoms with E-state index in [9.17, 15) is 17.6 Å². The zero-order chi connectivity index (χ0) is 14.1. The lowest BCUT2D eigenvalue weighted by molar-refractivity contribution is 0.0372. The largest absolute Gasteiger partial charge is 0.459 e. The molecule has 8 heteroatoms. The maximum absolute atomic E-state index is 13.9. The SMILES string of the molecule is CC(C)OC(=O)c1cc(Br)cc(S(=O)(=O)Cl)c1F. The zero-order valence-electron chi connectivity index (χ0n) is 9.41. The topological polar surface area (TPSA) is 60.4 Å². The van der Waals surface area contributed by atoms with Gasteiger partial charge in [0.15, 0.2) is 5.82 Å². The molecule has 0 fully saturated rings. The van der Waals surface area contributed by atoms with Crippen LogP contribution in [0.3, 0.4) is 0 Å². The number of halogens is 3. The number of carbonyl (C=O) groups is 1. The fourth-order valence-corrected chi connectivity index (χ4v) is 2.71. The third-order valence-corrected chi connectivity index (χ3v) is 3.61. The van der Waals surface area contributed by atoms with E-state index in [0.717, 1.165) is 12.1 Å². The summed E-state index contributed by atoms with van der Waals surface area (Å²) in [5, 5.41) is 0. The Morgan fingerprint density at radius 2 is 2.00 bits per heavy atom. The van der Waals surface area contributed by atoms with E-state index in [-0.39, 0.29) is 4.47 Å². The summed E-state index contributed by atoms with van der Waals surface area (Å²) < 4.78 is 41.2. The predicted molar refractivity (Wildman–Crippen MR) is 67.7 cm³/mol. The molecule has 0 bridgehead atoms. The van der Waals surface area contributed by atoms with Crippen molar-refractivity contribution in [2.75, 3.05) is 0 Å². The Morgan fingerprint density at radius 3 is 2.44 bits per heavy atom. The molecule has 0 saturated carbocycles. The first kappa shape index (κ1) is 15.4. The minimum atomic E-state index is -4.28. The summed E-state index contributed by atoms with van der Waals surface area (Å²) in [7, 11) is 0.796. The van der Waals surface area contributed by atoms with Gasteiger partial charge in [-0.3, -0.25) is 0 Å². The molecule has 0 aliphatic heterocycles. The van der Waals surface area contributed by atoms with Crippen LogP contribution in [-0.2, 0) is 13.8 Å². The molecule has 0 amide bonds. The summed E-state index contributed by atoms with van der Waals surface area (Å²) in [5.41, 5.74) is -0.489. The van der Waals surface area contributed by atoms with Crippen LogP contribution in [0.4, 0.5) is 4.39 Å². The number of rotatable bonds is 3. The van der Waals surface area contributed by atoms with E-state index >= 15 is 0 Å². The van der Waals surface area contributed by atoms with Crippen molar-refractivity contribution in [2.24, 2.45) is 0 Å². The highest BCUT2D eigenvalue weighted by atomic mass is 79.9. The van der Waals surface area contributed by atoms with Gasteiger partial charge in [-0.2, -0.15) is 0 Å². The normalized spacial score (nSPS) is 11.7. The summed E-state index contributed by atoms with van der Waals surface area (Å²) in [6.45, 7) is 3.18. The second kappa shape index (κ2) is 5.54. The molecule has 100 valence electrons. The van der Waals surface area contributed by atoms with Gasteiger partial charge in [0, 0.05) is 15.2 Å². The molecule has 1 aromatic rings. The van der Waals surface area contributed by atoms with Crippen molar-refractivity contribution in [3.8, 4) is 0 Å². The Kier molecular flexibility index (Phi) is 4.74. The molecular formula is C10H9BrClFO4S. The first-order valence-electron chi connectivity index (χ1n) is 4.77. The highest BCUT2D eigenvalue weighted by Crippen LogP contribution is 2.27. The highest BCUT2D eigenvalue weighted by Gasteiger charge is 2.24. The van der Waals surface area contributed by atoms with Gasteiger partial charge in [-0.15, -0.1) is 0 Å². The molecule has 0 aromatic heterocycles. The van der Waals surface area contributed by atoms with Crippen molar-refractivity contribution in [1.29, 1.82) is 0 Å². The van der Waals surface area contributed by atoms with Crippen molar-refractivity contribution in [1.82, 2.24) is 0 Å². The maximum Gasteiger partial charge on any atom is 0.341 e. The lowest BCUT2D eigenvalue weighted by atomic mass is 10.2. The first-order valence-corrected chi connectivity index (χ1v) is 7.88. The van der Waals surface area contributed by atoms with Crippen LogP contribution in [-0.4, -0.2) is 20.5 Å². The molecule has 4 nitrogen and oxygen atoms in total. The molecule has 0 saturated heterocycles. The van der Waals surface area contributed by atoms with Crippen LogP contribution in [0.1, 0.15) is 24.2 Å². The maximum atomic E-state index is 13.9. The smallest absolute Gasteiger partial charge is 0.341 e. The van der Waals surface area contributed by atoms with Gasteiger partial charge < -0.3 is 4.74 Å². The molecule has 0 heterocycles. The third kappa shape index (κ3) is 3.66. The molecule has 0 aliphatic carbocycles. The van der Waals surface area contributed by atoms with Crippen LogP contribution in [0.5, 0.6) is 0 Å². The Hall–Kier alpha value is -0.660. The molecule has 0 aliphatic rings. The van der Waals surface area contributed by atoms with E-state index in [0.29, 0.717) is 0 Å². The van der Waals surface area contributed by atoms with Crippen LogP contribution in [0.2, 0.25) is 0 Å². The van der Waals surface area contributed by atoms with Crippen LogP contribution in [0.15, 0.2) is 21.5 Å². The lowest BCUT2D eigenvalue weighted by Gasteiger charge is -2.10. The average Bonchev–Trinajstić information content (AvgIpc) is 2.18. The molecule has 18 heavy (non-hydrogen) atoms. The molecule has 1 rings (SSSR count). The Labute approximate surface area is 117 Å². The van der Waals surface area contributed by atoms with E-state index < -0.39 is 37.4 Å². The number of carbonyl (C=O) groups excluding carboxylic acids is 1. The lowest BCUT2D eigenvalue weighted by Crippen LogP contribution is -2.14. The molecule has 0 radical (unpaired) electrons. The molecular weight excluding hydrogens is 351 g/mol. The number of hydrogen-bond acceptors (Lipinski definition) is 4. The monoisotopic (exact) mass is 358 g/mol. The summed E-state index contributed by atoms with van der Waals surface area (Å²) in [6, 6.07) is 2.11. The van der Waals surface area contributed by atoms with Crippen molar-refractivity contribution in [3.05, 3.63) is 28.0 Å². The highest BCUT2D eigenvalue weighted by molar-refractivity contribution is 9.10. The first-order chi connectivity index (χ1) is 8.12. The van der Waals surface area contributed by atoms with Crippen LogP contribution in [0.25, 0.3) is 0 Å². The van der Waals surface area contributed by atoms with Gasteiger partial charge in [0.25, 0.3) is 9.05 Å². The average molecular weight is 360 g/mol. The van der Waals surface area contributed by atoms with Gasteiger partial charge in [-0.05, 0) is 26.0 Å². The van der Waals surface area contributed by atoms with Crippen LogP contribution < -0.4 is 0 Å². The van der Waals surface area contributed by atoms with Crippen LogP contribution in [0, 0.1) is 5.82 Å². The zero-order valence-corrected chi connectivity index (χ0v) is 12.6. The second-order valence-electron chi connectivity index (χ2n) is 3.66. The fraction of sp³-hybridized carbons (Fsp3) is 0.300. The van der Waals surface area contributed by atoms with Crippen molar-refractivity contribution < 1.29 is 22.3 Å². The Balaban J connectivity index is 3.39. The van der Waals surface area contributed by atoms with E-state index in [4.69, 9.17) is 15.4 Å². The van der Waals surface area contributed by atoms with Gasteiger partial charge >= 0.3 is 5.97 Å². The number of esters is 1. The van der Waals surface area contributed by atoms with Crippen molar-refractivity contribution in [3.63, 3.8) is 0 Å². The Bertz CT molecular complexity index is 586. The molecule has 0 unspecified atom stereocenters. The summed E-state index contributed by atoms with van der Waals surface area (Å²) in [4.78, 5) is 10.8. The number of benzene rings is 1. The minimum Gasteiger partial charge on any atom is -0.459 e. The number of hydrogen-bond donors (Lipinski definition) is 0. The van der Waals surface area contributed by atoms with E-state index in [1.165, 1.54) is 0 Å². The second-order valence-corrected chi connectivity index (χ2v) is 7.11. The van der Waals surface area contributed by atoms with E-state index in [1.54, 1.807) is 13.8 Å². The summed E-state index contributed by atoms with van der Waals surface area (Å²) in [5.74, 6) is -2.18. The minimum absolute atomic E-state index is 0.207. The van der Waals surface area contributed by atoms with Gasteiger partial charge in [0.1, 0.15) is 4.90 Å². The van der Waals surface area contributed by atoms with Gasteiger partial charge in [-0.25, -0.2) is 17.6 Å². The summed E-state index contributed by atoms with van der Waals surface area (Å²) in [6.07, 6.45) is -0.452. The molecule has 1 aromatic carbocycles. The third-order valence-electron chi connectivity index (χ3n) is 1.83. The van der Waals surface area contributed by atoms with Gasteiger partial charge in [0.05, 0.1) is 11.7 Å². The number of ether oxygens (including phenoxy) is 1. The quantitative estimate of drug-likeness (QED) is 0.615. The van der Waals surface area contributed by atoms with Gasteiger partial charge in [-0.1, -0.05) is 15.9 Å². The predicted octanol–water partition coefficient (Wildman–Crippen LogP) is 3.08. The summed E-state index contributed by atoms with van der Waals surface area (Å²) >= 11 is 2.98. The Morgan fingerprint density at radius 1 is 1.44 bits per heavy atom. The van der Waals surface area contributed by atoms with Crippen molar-refractivity contribution in [2.45, 2.75) is 24.8 Å².